The Hall–Kier alpha value is 0.450. The van der Waals surface area contributed by atoms with Crippen LogP contribution in [0.1, 0.15) is 0 Å². The van der Waals surface area contributed by atoms with Gasteiger partial charge in [-0.3, -0.25) is 4.90 Å². The second kappa shape index (κ2) is 5.24. The minimum Gasteiger partial charge on any atom is -0.278 e. The largest absolute Gasteiger partial charge is 0.413 e. The van der Waals surface area contributed by atoms with E-state index in [9.17, 15) is 13.2 Å². The van der Waals surface area contributed by atoms with Crippen molar-refractivity contribution >= 4 is 23.5 Å². The van der Waals surface area contributed by atoms with Crippen LogP contribution >= 0.6 is 23.5 Å². The van der Waals surface area contributed by atoms with Gasteiger partial charge in [-0.05, 0) is 19.6 Å². The van der Waals surface area contributed by atoms with Gasteiger partial charge in [0.05, 0.1) is 0 Å². The second-order valence-electron chi connectivity index (χ2n) is 2.30. The van der Waals surface area contributed by atoms with Crippen LogP contribution in [0.4, 0.5) is 13.2 Å². The van der Waals surface area contributed by atoms with Gasteiger partial charge in [0.1, 0.15) is 0 Å². The molecule has 0 amide bonds. The lowest BCUT2D eigenvalue weighted by Crippen LogP contribution is -2.40. The van der Waals surface area contributed by atoms with Crippen molar-refractivity contribution in [3.05, 3.63) is 0 Å². The van der Waals surface area contributed by atoms with Crippen LogP contribution in [0.15, 0.2) is 0 Å². The molecule has 6 heteroatoms. The maximum Gasteiger partial charge on any atom is 0.413 e. The van der Waals surface area contributed by atoms with Crippen molar-refractivity contribution in [2.24, 2.45) is 0 Å². The molecule has 0 saturated carbocycles. The molecule has 0 aromatic rings. The SMILES string of the molecule is CSCN(C)C(SC)C(F)(F)F. The maximum atomic E-state index is 12.2. The average molecular weight is 219 g/mol. The molecule has 0 rings (SSSR count). The third-order valence-electron chi connectivity index (χ3n) is 1.24. The molecule has 0 radical (unpaired) electrons. The summed E-state index contributed by atoms with van der Waals surface area (Å²) in [5, 5.41) is -1.38. The Morgan fingerprint density at radius 3 is 2.08 bits per heavy atom. The monoisotopic (exact) mass is 219 g/mol. The molecular formula is C6H12F3NS2. The highest BCUT2D eigenvalue weighted by Gasteiger charge is 2.41. The number of alkyl halides is 3. The van der Waals surface area contributed by atoms with E-state index in [2.05, 4.69) is 0 Å². The smallest absolute Gasteiger partial charge is 0.278 e. The fraction of sp³-hybridized carbons (Fsp3) is 1.00. The maximum absolute atomic E-state index is 12.2. The number of halogens is 3. The van der Waals surface area contributed by atoms with Crippen LogP contribution in [-0.2, 0) is 0 Å². The van der Waals surface area contributed by atoms with Crippen LogP contribution in [-0.4, -0.2) is 41.9 Å². The molecular weight excluding hydrogens is 207 g/mol. The van der Waals surface area contributed by atoms with E-state index in [4.69, 9.17) is 0 Å². The zero-order valence-electron chi connectivity index (χ0n) is 7.18. The molecule has 0 spiro atoms. The van der Waals surface area contributed by atoms with Gasteiger partial charge in [0, 0.05) is 5.88 Å². The summed E-state index contributed by atoms with van der Waals surface area (Å²) in [6.07, 6.45) is -0.886. The topological polar surface area (TPSA) is 3.24 Å². The molecule has 0 aromatic heterocycles. The molecule has 1 unspecified atom stereocenters. The summed E-state index contributed by atoms with van der Waals surface area (Å²) in [5.41, 5.74) is 0. The first kappa shape index (κ1) is 12.4. The number of nitrogens with zero attached hydrogens (tertiary/aromatic N) is 1. The van der Waals surface area contributed by atoms with Gasteiger partial charge in [-0.25, -0.2) is 0 Å². The summed E-state index contributed by atoms with van der Waals surface area (Å²) < 4.78 is 36.7. The Morgan fingerprint density at radius 1 is 1.33 bits per heavy atom. The van der Waals surface area contributed by atoms with E-state index in [1.165, 1.54) is 30.0 Å². The van der Waals surface area contributed by atoms with Gasteiger partial charge in [-0.1, -0.05) is 0 Å². The molecule has 1 atom stereocenters. The first-order chi connectivity index (χ1) is 5.43. The molecule has 0 aliphatic carbocycles. The Labute approximate surface area is 79.1 Å². The van der Waals surface area contributed by atoms with Crippen LogP contribution in [0.25, 0.3) is 0 Å². The van der Waals surface area contributed by atoms with Gasteiger partial charge >= 0.3 is 6.18 Å². The van der Waals surface area contributed by atoms with E-state index in [1.54, 1.807) is 6.26 Å². The van der Waals surface area contributed by atoms with Crippen molar-refractivity contribution < 1.29 is 13.2 Å². The van der Waals surface area contributed by atoms with Crippen molar-refractivity contribution in [3.8, 4) is 0 Å². The highest BCUT2D eigenvalue weighted by atomic mass is 32.2. The number of thioether (sulfide) groups is 2. The predicted molar refractivity (Wildman–Crippen MR) is 49.5 cm³/mol. The van der Waals surface area contributed by atoms with E-state index in [1.807, 2.05) is 0 Å². The third kappa shape index (κ3) is 3.91. The minimum absolute atomic E-state index is 0.394. The Morgan fingerprint density at radius 2 is 1.83 bits per heavy atom. The van der Waals surface area contributed by atoms with Gasteiger partial charge in [-0.15, -0.1) is 23.5 Å². The molecule has 0 saturated heterocycles. The quantitative estimate of drug-likeness (QED) is 0.669. The van der Waals surface area contributed by atoms with Crippen LogP contribution in [0.3, 0.4) is 0 Å². The first-order valence-corrected chi connectivity index (χ1v) is 5.90. The van der Waals surface area contributed by atoms with Crippen molar-refractivity contribution in [3.63, 3.8) is 0 Å². The molecule has 1 nitrogen and oxygen atoms in total. The van der Waals surface area contributed by atoms with Gasteiger partial charge < -0.3 is 0 Å². The number of rotatable bonds is 4. The normalized spacial score (nSPS) is 15.2. The van der Waals surface area contributed by atoms with Crippen molar-refractivity contribution in [2.45, 2.75) is 11.6 Å². The lowest BCUT2D eigenvalue weighted by atomic mass is 10.6. The molecule has 0 aliphatic heterocycles. The zero-order chi connectivity index (χ0) is 9.78. The lowest BCUT2D eigenvalue weighted by Gasteiger charge is -2.27. The number of hydrogen-bond acceptors (Lipinski definition) is 3. The fourth-order valence-electron chi connectivity index (χ4n) is 0.835. The van der Waals surface area contributed by atoms with E-state index >= 15 is 0 Å². The van der Waals surface area contributed by atoms with Gasteiger partial charge in [0.15, 0.2) is 5.37 Å². The molecule has 0 aliphatic rings. The summed E-state index contributed by atoms with van der Waals surface area (Å²) in [5.74, 6) is 0.394. The van der Waals surface area contributed by atoms with E-state index in [0.717, 1.165) is 11.8 Å². The van der Waals surface area contributed by atoms with Crippen LogP contribution in [0, 0.1) is 0 Å². The number of hydrogen-bond donors (Lipinski definition) is 0. The summed E-state index contributed by atoms with van der Waals surface area (Å²) in [6, 6.07) is 0. The molecule has 0 bridgehead atoms. The molecule has 12 heavy (non-hydrogen) atoms. The van der Waals surface area contributed by atoms with Crippen molar-refractivity contribution in [2.75, 3.05) is 25.4 Å². The standard InChI is InChI=1S/C6H12F3NS2/c1-10(4-11-2)5(12-3)6(7,8)9/h5H,4H2,1-3H3. The van der Waals surface area contributed by atoms with Crippen LogP contribution < -0.4 is 0 Å². The highest BCUT2D eigenvalue weighted by Crippen LogP contribution is 2.31. The van der Waals surface area contributed by atoms with Crippen LogP contribution in [0.5, 0.6) is 0 Å². The molecule has 74 valence electrons. The summed E-state index contributed by atoms with van der Waals surface area (Å²) >= 11 is 2.19. The highest BCUT2D eigenvalue weighted by molar-refractivity contribution is 7.99. The molecule has 0 fully saturated rings. The zero-order valence-corrected chi connectivity index (χ0v) is 8.82. The van der Waals surface area contributed by atoms with Gasteiger partial charge in [-0.2, -0.15) is 13.2 Å². The van der Waals surface area contributed by atoms with E-state index < -0.39 is 11.6 Å². The first-order valence-electron chi connectivity index (χ1n) is 3.22. The van der Waals surface area contributed by atoms with Crippen molar-refractivity contribution in [1.29, 1.82) is 0 Å². The summed E-state index contributed by atoms with van der Waals surface area (Å²) in [6.45, 7) is 0. The molecule has 0 heterocycles. The van der Waals surface area contributed by atoms with E-state index in [0.29, 0.717) is 5.88 Å². The van der Waals surface area contributed by atoms with Gasteiger partial charge in [0.25, 0.3) is 0 Å². The minimum atomic E-state index is -4.14. The Balaban J connectivity index is 4.14. The summed E-state index contributed by atoms with van der Waals surface area (Å²) in [4.78, 5) is 1.29. The molecule has 0 N–H and O–H groups in total. The van der Waals surface area contributed by atoms with Crippen LogP contribution in [0.2, 0.25) is 0 Å². The van der Waals surface area contributed by atoms with Gasteiger partial charge in [0.2, 0.25) is 0 Å². The van der Waals surface area contributed by atoms with Crippen molar-refractivity contribution in [1.82, 2.24) is 4.90 Å². The Kier molecular flexibility index (Phi) is 5.43. The second-order valence-corrected chi connectivity index (χ2v) is 4.06. The fourth-order valence-corrected chi connectivity index (χ4v) is 2.19. The summed E-state index contributed by atoms with van der Waals surface area (Å²) in [7, 11) is 1.48. The predicted octanol–water partition coefficient (Wildman–Crippen LogP) is 2.49. The third-order valence-corrected chi connectivity index (χ3v) is 2.98. The average Bonchev–Trinajstić information content (AvgIpc) is 1.85. The molecule has 0 aromatic carbocycles. The van der Waals surface area contributed by atoms with E-state index in [-0.39, 0.29) is 0 Å². The Bertz CT molecular complexity index is 128. The lowest BCUT2D eigenvalue weighted by molar-refractivity contribution is -0.152.